The van der Waals surface area contributed by atoms with Gasteiger partial charge in [-0.25, -0.2) is 0 Å². The van der Waals surface area contributed by atoms with Gasteiger partial charge in [0.05, 0.1) is 17.3 Å². The van der Waals surface area contributed by atoms with Crippen LogP contribution in [0.5, 0.6) is 0 Å². The molecule has 0 radical (unpaired) electrons. The van der Waals surface area contributed by atoms with Crippen LogP contribution < -0.4 is 0 Å². The number of nitrogens with zero attached hydrogens (tertiary/aromatic N) is 2. The zero-order valence-electron chi connectivity index (χ0n) is 7.88. The molecular formula is C12H8N2S. The molecule has 0 amide bonds. The summed E-state index contributed by atoms with van der Waals surface area (Å²) in [6.07, 6.45) is 1.72. The minimum absolute atomic E-state index is 0.619. The van der Waals surface area contributed by atoms with E-state index in [9.17, 15) is 0 Å². The molecule has 0 spiro atoms. The number of hydrogen-bond donors (Lipinski definition) is 1. The van der Waals surface area contributed by atoms with Crippen LogP contribution in [0.3, 0.4) is 0 Å². The van der Waals surface area contributed by atoms with E-state index in [1.165, 1.54) is 0 Å². The summed E-state index contributed by atoms with van der Waals surface area (Å²) in [5, 5.41) is 8.80. The van der Waals surface area contributed by atoms with Crippen molar-refractivity contribution in [3.05, 3.63) is 48.2 Å². The predicted octanol–water partition coefficient (Wildman–Crippen LogP) is 2.91. The lowest BCUT2D eigenvalue weighted by atomic mass is 10.1. The van der Waals surface area contributed by atoms with Crippen molar-refractivity contribution in [2.24, 2.45) is 0 Å². The summed E-state index contributed by atoms with van der Waals surface area (Å²) in [6.45, 7) is 0. The molecule has 2 nitrogen and oxygen atoms in total. The zero-order valence-corrected chi connectivity index (χ0v) is 8.78. The summed E-state index contributed by atoms with van der Waals surface area (Å²) in [5.74, 6) is 0. The van der Waals surface area contributed by atoms with Crippen LogP contribution in [0.15, 0.2) is 47.5 Å². The molecule has 0 bridgehead atoms. The zero-order chi connectivity index (χ0) is 10.7. The fraction of sp³-hybridized carbons (Fsp3) is 0. The van der Waals surface area contributed by atoms with Crippen molar-refractivity contribution in [1.82, 2.24) is 4.98 Å². The lowest BCUT2D eigenvalue weighted by Crippen LogP contribution is -1.85. The molecule has 0 N–H and O–H groups in total. The summed E-state index contributed by atoms with van der Waals surface area (Å²) in [4.78, 5) is 5.05. The van der Waals surface area contributed by atoms with Crippen molar-refractivity contribution in [1.29, 1.82) is 5.26 Å². The van der Waals surface area contributed by atoms with Gasteiger partial charge in [-0.15, -0.1) is 12.6 Å². The smallest absolute Gasteiger partial charge is 0.0991 e. The van der Waals surface area contributed by atoms with Crippen LogP contribution in [-0.2, 0) is 0 Å². The lowest BCUT2D eigenvalue weighted by molar-refractivity contribution is 1.29. The molecule has 0 atom stereocenters. The molecule has 2 rings (SSSR count). The summed E-state index contributed by atoms with van der Waals surface area (Å²) >= 11 is 4.35. The van der Waals surface area contributed by atoms with E-state index in [4.69, 9.17) is 5.26 Å². The van der Waals surface area contributed by atoms with Crippen molar-refractivity contribution < 1.29 is 0 Å². The molecule has 2 aromatic rings. The third kappa shape index (κ3) is 2.00. The molecule has 3 heteroatoms. The van der Waals surface area contributed by atoms with E-state index in [1.54, 1.807) is 18.3 Å². The van der Waals surface area contributed by atoms with Crippen LogP contribution in [0.4, 0.5) is 0 Å². The molecular weight excluding hydrogens is 204 g/mol. The fourth-order valence-corrected chi connectivity index (χ4v) is 1.59. The van der Waals surface area contributed by atoms with Gasteiger partial charge < -0.3 is 0 Å². The Morgan fingerprint density at radius 1 is 1.20 bits per heavy atom. The second kappa shape index (κ2) is 4.16. The molecule has 0 saturated heterocycles. The molecule has 0 aliphatic heterocycles. The first-order valence-corrected chi connectivity index (χ1v) is 4.90. The quantitative estimate of drug-likeness (QED) is 0.738. The topological polar surface area (TPSA) is 36.7 Å². The van der Waals surface area contributed by atoms with Crippen molar-refractivity contribution in [2.45, 2.75) is 4.90 Å². The minimum atomic E-state index is 0.619. The summed E-state index contributed by atoms with van der Waals surface area (Å²) in [6, 6.07) is 13.1. The monoisotopic (exact) mass is 212 g/mol. The first kappa shape index (κ1) is 9.75. The minimum Gasteiger partial charge on any atom is -0.256 e. The van der Waals surface area contributed by atoms with Crippen LogP contribution in [0.1, 0.15) is 5.56 Å². The fourth-order valence-electron chi connectivity index (χ4n) is 1.33. The molecule has 0 aliphatic carbocycles. The number of hydrogen-bond acceptors (Lipinski definition) is 3. The summed E-state index contributed by atoms with van der Waals surface area (Å²) < 4.78 is 0. The first-order valence-electron chi connectivity index (χ1n) is 4.46. The van der Waals surface area contributed by atoms with E-state index in [0.29, 0.717) is 5.56 Å². The van der Waals surface area contributed by atoms with E-state index < -0.39 is 0 Å². The standard InChI is InChI=1S/C12H8N2S/c13-8-9-4-5-12(15)10(7-9)11-3-1-2-6-14-11/h1-7,15H. The number of aromatic nitrogens is 1. The van der Waals surface area contributed by atoms with Gasteiger partial charge in [0.25, 0.3) is 0 Å². The van der Waals surface area contributed by atoms with Gasteiger partial charge in [0.2, 0.25) is 0 Å². The van der Waals surface area contributed by atoms with Crippen LogP contribution in [0, 0.1) is 11.3 Å². The highest BCUT2D eigenvalue weighted by Crippen LogP contribution is 2.25. The SMILES string of the molecule is N#Cc1ccc(S)c(-c2ccccn2)c1. The van der Waals surface area contributed by atoms with Crippen LogP contribution in [0.25, 0.3) is 11.3 Å². The van der Waals surface area contributed by atoms with Gasteiger partial charge >= 0.3 is 0 Å². The molecule has 0 aliphatic rings. The molecule has 0 unspecified atom stereocenters. The highest BCUT2D eigenvalue weighted by atomic mass is 32.1. The Kier molecular flexibility index (Phi) is 2.70. The van der Waals surface area contributed by atoms with E-state index in [-0.39, 0.29) is 0 Å². The number of thiol groups is 1. The van der Waals surface area contributed by atoms with Gasteiger partial charge in [-0.1, -0.05) is 6.07 Å². The Hall–Kier alpha value is -1.79. The lowest BCUT2D eigenvalue weighted by Gasteiger charge is -2.03. The van der Waals surface area contributed by atoms with Crippen molar-refractivity contribution in [3.8, 4) is 17.3 Å². The predicted molar refractivity (Wildman–Crippen MR) is 61.6 cm³/mol. The van der Waals surface area contributed by atoms with Gasteiger partial charge in [0.1, 0.15) is 0 Å². The van der Waals surface area contributed by atoms with E-state index in [1.807, 2.05) is 24.3 Å². The maximum absolute atomic E-state index is 8.80. The third-order valence-corrected chi connectivity index (χ3v) is 2.46. The average Bonchev–Trinajstić information content (AvgIpc) is 2.31. The molecule has 0 saturated carbocycles. The Balaban J connectivity index is 2.58. The molecule has 72 valence electrons. The number of pyridine rings is 1. The molecule has 1 aromatic carbocycles. The first-order chi connectivity index (χ1) is 7.31. The largest absolute Gasteiger partial charge is 0.256 e. The van der Waals surface area contributed by atoms with E-state index in [2.05, 4.69) is 23.7 Å². The molecule has 1 heterocycles. The van der Waals surface area contributed by atoms with Gasteiger partial charge in [-0.2, -0.15) is 5.26 Å². The van der Waals surface area contributed by atoms with E-state index >= 15 is 0 Å². The maximum atomic E-state index is 8.80. The van der Waals surface area contributed by atoms with Crippen molar-refractivity contribution in [2.75, 3.05) is 0 Å². The highest BCUT2D eigenvalue weighted by Gasteiger charge is 2.04. The van der Waals surface area contributed by atoms with Gasteiger partial charge in [-0.3, -0.25) is 4.98 Å². The summed E-state index contributed by atoms with van der Waals surface area (Å²) in [7, 11) is 0. The third-order valence-electron chi connectivity index (χ3n) is 2.07. The normalized spacial score (nSPS) is 9.60. The highest BCUT2D eigenvalue weighted by molar-refractivity contribution is 7.80. The Morgan fingerprint density at radius 3 is 2.73 bits per heavy atom. The second-order valence-electron chi connectivity index (χ2n) is 3.06. The maximum Gasteiger partial charge on any atom is 0.0991 e. The molecule has 15 heavy (non-hydrogen) atoms. The number of rotatable bonds is 1. The van der Waals surface area contributed by atoms with Gasteiger partial charge in [0.15, 0.2) is 0 Å². The summed E-state index contributed by atoms with van der Waals surface area (Å²) in [5.41, 5.74) is 2.34. The Labute approximate surface area is 93.6 Å². The van der Waals surface area contributed by atoms with Crippen LogP contribution in [0.2, 0.25) is 0 Å². The Bertz CT molecular complexity index is 515. The molecule has 1 aromatic heterocycles. The second-order valence-corrected chi connectivity index (χ2v) is 3.54. The van der Waals surface area contributed by atoms with E-state index in [0.717, 1.165) is 16.2 Å². The molecule has 0 fully saturated rings. The average molecular weight is 212 g/mol. The van der Waals surface area contributed by atoms with Crippen LogP contribution in [-0.4, -0.2) is 4.98 Å². The van der Waals surface area contributed by atoms with Crippen molar-refractivity contribution in [3.63, 3.8) is 0 Å². The van der Waals surface area contributed by atoms with Crippen LogP contribution >= 0.6 is 12.6 Å². The van der Waals surface area contributed by atoms with Gasteiger partial charge in [-0.05, 0) is 30.3 Å². The Morgan fingerprint density at radius 2 is 2.07 bits per heavy atom. The van der Waals surface area contributed by atoms with Crippen molar-refractivity contribution >= 4 is 12.6 Å². The number of nitriles is 1. The number of benzene rings is 1. The van der Waals surface area contributed by atoms with Gasteiger partial charge in [0, 0.05) is 16.7 Å².